The van der Waals surface area contributed by atoms with E-state index in [0.717, 1.165) is 5.75 Å². The third-order valence-electron chi connectivity index (χ3n) is 3.13. The number of carbonyl (C=O) groups excluding carboxylic acids is 1. The first-order chi connectivity index (χ1) is 11.1. The molecule has 0 saturated carbocycles. The van der Waals surface area contributed by atoms with E-state index in [1.807, 2.05) is 0 Å². The van der Waals surface area contributed by atoms with Crippen molar-refractivity contribution in [1.29, 1.82) is 5.41 Å². The van der Waals surface area contributed by atoms with Crippen LogP contribution in [0.15, 0.2) is 48.5 Å². The van der Waals surface area contributed by atoms with Crippen molar-refractivity contribution >= 4 is 11.7 Å². The van der Waals surface area contributed by atoms with Crippen LogP contribution in [-0.2, 0) is 0 Å². The third kappa shape index (κ3) is 5.03. The molecule has 5 N–H and O–H groups in total. The van der Waals surface area contributed by atoms with Gasteiger partial charge in [0.2, 0.25) is 5.91 Å². The largest absolute Gasteiger partial charge is 0.493 e. The van der Waals surface area contributed by atoms with Gasteiger partial charge in [0.25, 0.3) is 0 Å². The molecule has 0 fully saturated rings. The van der Waals surface area contributed by atoms with E-state index in [1.54, 1.807) is 48.5 Å². The highest BCUT2D eigenvalue weighted by Crippen LogP contribution is 2.13. The minimum Gasteiger partial charge on any atom is -0.493 e. The first-order valence-corrected chi connectivity index (χ1v) is 7.16. The number of nitrogens with one attached hydrogen (secondary N) is 1. The molecule has 23 heavy (non-hydrogen) atoms. The number of rotatable bonds is 8. The topological polar surface area (TPSA) is 111 Å². The second kappa shape index (κ2) is 7.84. The highest BCUT2D eigenvalue weighted by Gasteiger charge is 2.01. The van der Waals surface area contributed by atoms with Crippen LogP contribution in [0.4, 0.5) is 0 Å². The summed E-state index contributed by atoms with van der Waals surface area (Å²) >= 11 is 0. The van der Waals surface area contributed by atoms with Crippen LogP contribution in [0, 0.1) is 5.41 Å². The number of nitrogen functional groups attached to an aromatic ring is 1. The molecule has 0 unspecified atom stereocenters. The van der Waals surface area contributed by atoms with Gasteiger partial charge in [0.15, 0.2) is 0 Å². The Morgan fingerprint density at radius 1 is 0.826 bits per heavy atom. The Hall–Kier alpha value is -3.02. The van der Waals surface area contributed by atoms with Crippen LogP contribution in [0.5, 0.6) is 11.5 Å². The maximum Gasteiger partial charge on any atom is 0.248 e. The van der Waals surface area contributed by atoms with Crippen LogP contribution in [0.3, 0.4) is 0 Å². The van der Waals surface area contributed by atoms with E-state index in [9.17, 15) is 4.79 Å². The van der Waals surface area contributed by atoms with Gasteiger partial charge in [-0.1, -0.05) is 0 Å². The van der Waals surface area contributed by atoms with E-state index in [0.29, 0.717) is 36.5 Å². The number of benzene rings is 2. The molecule has 0 aromatic heterocycles. The quantitative estimate of drug-likeness (QED) is 0.392. The molecule has 0 aliphatic heterocycles. The van der Waals surface area contributed by atoms with E-state index in [2.05, 4.69) is 0 Å². The second-order valence-corrected chi connectivity index (χ2v) is 4.88. The van der Waals surface area contributed by atoms with Crippen molar-refractivity contribution in [3.63, 3.8) is 0 Å². The number of hydrogen-bond donors (Lipinski definition) is 3. The van der Waals surface area contributed by atoms with Crippen molar-refractivity contribution in [3.8, 4) is 11.5 Å². The van der Waals surface area contributed by atoms with Gasteiger partial charge in [0.05, 0.1) is 13.2 Å². The molecule has 0 heterocycles. The summed E-state index contributed by atoms with van der Waals surface area (Å²) in [7, 11) is 0. The lowest BCUT2D eigenvalue weighted by Crippen LogP contribution is -2.11. The van der Waals surface area contributed by atoms with Gasteiger partial charge >= 0.3 is 0 Å². The molecule has 2 aromatic carbocycles. The molecule has 0 aliphatic rings. The van der Waals surface area contributed by atoms with Gasteiger partial charge in [-0.05, 0) is 48.5 Å². The normalized spacial score (nSPS) is 10.1. The highest BCUT2D eigenvalue weighted by molar-refractivity contribution is 5.95. The first-order valence-electron chi connectivity index (χ1n) is 7.16. The van der Waals surface area contributed by atoms with Crippen molar-refractivity contribution in [2.45, 2.75) is 6.42 Å². The number of nitrogens with two attached hydrogens (primary N) is 2. The Bertz CT molecular complexity index is 607. The molecule has 0 spiro atoms. The van der Waals surface area contributed by atoms with Crippen LogP contribution in [0.1, 0.15) is 22.3 Å². The van der Waals surface area contributed by atoms with Gasteiger partial charge in [0, 0.05) is 17.5 Å². The maximum absolute atomic E-state index is 11.0. The summed E-state index contributed by atoms with van der Waals surface area (Å²) in [4.78, 5) is 11.0. The summed E-state index contributed by atoms with van der Waals surface area (Å²) < 4.78 is 11.1. The van der Waals surface area contributed by atoms with Crippen LogP contribution >= 0.6 is 0 Å². The molecule has 6 heteroatoms. The van der Waals surface area contributed by atoms with E-state index in [-0.39, 0.29) is 5.84 Å². The summed E-state index contributed by atoms with van der Waals surface area (Å²) in [6.45, 7) is 1.01. The Kier molecular flexibility index (Phi) is 5.57. The predicted octanol–water partition coefficient (Wildman–Crippen LogP) is 1.92. The molecule has 0 saturated heterocycles. The molecule has 0 aliphatic carbocycles. The van der Waals surface area contributed by atoms with Crippen molar-refractivity contribution < 1.29 is 14.3 Å². The molecule has 2 rings (SSSR count). The molecule has 2 aromatic rings. The van der Waals surface area contributed by atoms with E-state index in [4.69, 9.17) is 26.4 Å². The SMILES string of the molecule is N=C(N)c1ccc(OCCCOc2ccc(C(N)=O)cc2)cc1. The Balaban J connectivity index is 1.69. The highest BCUT2D eigenvalue weighted by atomic mass is 16.5. The van der Waals surface area contributed by atoms with Gasteiger partial charge in [0.1, 0.15) is 17.3 Å². The van der Waals surface area contributed by atoms with Crippen molar-refractivity contribution in [1.82, 2.24) is 0 Å². The predicted molar refractivity (Wildman–Crippen MR) is 88.0 cm³/mol. The zero-order chi connectivity index (χ0) is 16.7. The molecular weight excluding hydrogens is 294 g/mol. The summed E-state index contributed by atoms with van der Waals surface area (Å²) in [6, 6.07) is 13.7. The smallest absolute Gasteiger partial charge is 0.248 e. The Labute approximate surface area is 134 Å². The second-order valence-electron chi connectivity index (χ2n) is 4.88. The standard InChI is InChI=1S/C17H19N3O3/c18-16(19)12-2-6-14(7-3-12)22-10-1-11-23-15-8-4-13(5-9-15)17(20)21/h2-9H,1,10-11H2,(H3,18,19)(H2,20,21). The van der Waals surface area contributed by atoms with Crippen molar-refractivity contribution in [2.24, 2.45) is 11.5 Å². The maximum atomic E-state index is 11.0. The summed E-state index contributed by atoms with van der Waals surface area (Å²) in [5.41, 5.74) is 11.7. The van der Waals surface area contributed by atoms with Gasteiger partial charge in [-0.25, -0.2) is 0 Å². The number of carbonyl (C=O) groups is 1. The minimum absolute atomic E-state index is 0.0345. The van der Waals surface area contributed by atoms with Crippen LogP contribution in [0.2, 0.25) is 0 Å². The lowest BCUT2D eigenvalue weighted by atomic mass is 10.2. The number of amidine groups is 1. The number of amides is 1. The van der Waals surface area contributed by atoms with Gasteiger partial charge in [-0.15, -0.1) is 0 Å². The fourth-order valence-corrected chi connectivity index (χ4v) is 1.89. The Morgan fingerprint density at radius 2 is 1.26 bits per heavy atom. The molecular formula is C17H19N3O3. The average Bonchev–Trinajstić information content (AvgIpc) is 2.55. The monoisotopic (exact) mass is 313 g/mol. The van der Waals surface area contributed by atoms with Crippen LogP contribution in [0.25, 0.3) is 0 Å². The number of hydrogen-bond acceptors (Lipinski definition) is 4. The number of primary amides is 1. The molecule has 120 valence electrons. The van der Waals surface area contributed by atoms with Crippen LogP contribution in [-0.4, -0.2) is 25.0 Å². The van der Waals surface area contributed by atoms with E-state index < -0.39 is 5.91 Å². The summed E-state index contributed by atoms with van der Waals surface area (Å²) in [6.07, 6.45) is 0.714. The zero-order valence-corrected chi connectivity index (χ0v) is 12.6. The van der Waals surface area contributed by atoms with Crippen molar-refractivity contribution in [2.75, 3.05) is 13.2 Å². The average molecular weight is 313 g/mol. The molecule has 0 bridgehead atoms. The number of ether oxygens (including phenoxy) is 2. The molecule has 6 nitrogen and oxygen atoms in total. The summed E-state index contributed by atoms with van der Waals surface area (Å²) in [5, 5.41) is 7.31. The lowest BCUT2D eigenvalue weighted by Gasteiger charge is -2.08. The minimum atomic E-state index is -0.458. The van der Waals surface area contributed by atoms with Gasteiger partial charge in [-0.2, -0.15) is 0 Å². The summed E-state index contributed by atoms with van der Waals surface area (Å²) in [5.74, 6) is 0.981. The van der Waals surface area contributed by atoms with Gasteiger partial charge < -0.3 is 20.9 Å². The fourth-order valence-electron chi connectivity index (χ4n) is 1.89. The van der Waals surface area contributed by atoms with Crippen LogP contribution < -0.4 is 20.9 Å². The van der Waals surface area contributed by atoms with E-state index in [1.165, 1.54) is 0 Å². The Morgan fingerprint density at radius 3 is 1.65 bits per heavy atom. The third-order valence-corrected chi connectivity index (χ3v) is 3.13. The molecule has 1 amide bonds. The zero-order valence-electron chi connectivity index (χ0n) is 12.6. The first kappa shape index (κ1) is 16.4. The van der Waals surface area contributed by atoms with E-state index >= 15 is 0 Å². The molecule has 0 atom stereocenters. The van der Waals surface area contributed by atoms with Crippen molar-refractivity contribution in [3.05, 3.63) is 59.7 Å². The van der Waals surface area contributed by atoms with Gasteiger partial charge in [-0.3, -0.25) is 10.2 Å². The lowest BCUT2D eigenvalue weighted by molar-refractivity contribution is 0.100. The molecule has 0 radical (unpaired) electrons. The fraction of sp³-hybridized carbons (Fsp3) is 0.176.